The maximum absolute atomic E-state index is 12.3. The Hall–Kier alpha value is -1.82. The molecule has 0 aliphatic carbocycles. The minimum absolute atomic E-state index is 0. The van der Waals surface area contributed by atoms with E-state index >= 15 is 0 Å². The maximum Gasteiger partial charge on any atom is 0.171 e. The molecule has 0 spiro atoms. The molecule has 0 aliphatic rings. The summed E-state index contributed by atoms with van der Waals surface area (Å²) in [4.78, 5) is 8.25. The summed E-state index contributed by atoms with van der Waals surface area (Å²) in [5.74, 6) is -0.573. The molecule has 0 fully saturated rings. The molecule has 0 heterocycles. The number of aliphatic hydroxyl groups is 2. The largest absolute Gasteiger partial charge is 0.858 e. The molecule has 0 aromatic heterocycles. The Morgan fingerprint density at radius 2 is 0.941 bits per heavy atom. The molecule has 34 heavy (non-hydrogen) atoms. The lowest BCUT2D eigenvalue weighted by Crippen LogP contribution is -2.42. The van der Waals surface area contributed by atoms with Crippen LogP contribution in [0.25, 0.3) is 11.1 Å². The van der Waals surface area contributed by atoms with Gasteiger partial charge in [-0.15, -0.1) is 34.0 Å². The molecule has 190 valence electrons. The van der Waals surface area contributed by atoms with Gasteiger partial charge in [-0.1, -0.05) is 48.5 Å². The third-order valence-electron chi connectivity index (χ3n) is 5.20. The summed E-state index contributed by atoms with van der Waals surface area (Å²) in [6.45, 7) is 1.76. The topological polar surface area (TPSA) is 111 Å². The van der Waals surface area contributed by atoms with Gasteiger partial charge in [0.15, 0.2) is 13.3 Å². The number of aliphatic imine (C=N–C) groups is 2. The minimum atomic E-state index is -0.286. The molecular weight excluding hydrogens is 568 g/mol. The highest BCUT2D eigenvalue weighted by atomic mass is 79.9. The second-order valence-electron chi connectivity index (χ2n) is 9.13. The predicted molar refractivity (Wildman–Crippen MR) is 143 cm³/mol. The molecule has 0 bridgehead atoms. The average Bonchev–Trinajstić information content (AvgIpc) is 2.76. The lowest BCUT2D eigenvalue weighted by Gasteiger charge is -2.27. The first-order valence-electron chi connectivity index (χ1n) is 10.6. The third kappa shape index (κ3) is 10.2. The molecule has 0 atom stereocenters. The van der Waals surface area contributed by atoms with Gasteiger partial charge in [0, 0.05) is 0 Å². The van der Waals surface area contributed by atoms with Crippen molar-refractivity contribution in [3.8, 4) is 11.1 Å². The van der Waals surface area contributed by atoms with Crippen LogP contribution in [0.5, 0.6) is 0 Å². The van der Waals surface area contributed by atoms with E-state index in [9.17, 15) is 10.2 Å². The second kappa shape index (κ2) is 14.6. The first-order valence-corrected chi connectivity index (χ1v) is 10.6. The standard InChI is InChI=1S/C24H34N4O4.2BrH/c1-27(2,13-15-29)17-25-23(31)21-9-5-19(6-10-21)20-7-11-22(12-8-20)24(32)26-18-28(3,4)14-16-30;;/h5-12,29-30H,13-18H2,1-4H3;2*1H. The van der Waals surface area contributed by atoms with E-state index in [1.807, 2.05) is 52.5 Å². The summed E-state index contributed by atoms with van der Waals surface area (Å²) in [6, 6.07) is 14.4. The van der Waals surface area contributed by atoms with E-state index < -0.39 is 0 Å². The zero-order chi connectivity index (χ0) is 23.8. The number of aliphatic hydroxyl groups excluding tert-OH is 2. The summed E-state index contributed by atoms with van der Waals surface area (Å²) in [5, 5.41) is 42.8. The van der Waals surface area contributed by atoms with Crippen molar-refractivity contribution in [3.63, 3.8) is 0 Å². The molecular formula is C24H36Br2N4O4. The number of halogens is 2. The van der Waals surface area contributed by atoms with Crippen molar-refractivity contribution in [1.29, 1.82) is 0 Å². The lowest BCUT2D eigenvalue weighted by molar-refractivity contribution is -0.889. The maximum atomic E-state index is 12.3. The first-order chi connectivity index (χ1) is 15.1. The quantitative estimate of drug-likeness (QED) is 0.225. The van der Waals surface area contributed by atoms with E-state index in [1.165, 1.54) is 0 Å². The van der Waals surface area contributed by atoms with Crippen LogP contribution in [-0.4, -0.2) is 98.8 Å². The Kier molecular flexibility index (Phi) is 13.8. The number of rotatable bonds is 11. The van der Waals surface area contributed by atoms with Crippen LogP contribution in [0.4, 0.5) is 0 Å². The zero-order valence-electron chi connectivity index (χ0n) is 20.2. The first kappa shape index (κ1) is 32.2. The fraction of sp³-hybridized carbons (Fsp3) is 0.417. The predicted octanol–water partition coefficient (Wildman–Crippen LogP) is 0.776. The molecule has 0 unspecified atom stereocenters. The van der Waals surface area contributed by atoms with Gasteiger partial charge in [-0.2, -0.15) is 0 Å². The van der Waals surface area contributed by atoms with Crippen molar-refractivity contribution < 1.29 is 29.4 Å². The molecule has 0 radical (unpaired) electrons. The lowest BCUT2D eigenvalue weighted by atomic mass is 10.0. The third-order valence-corrected chi connectivity index (χ3v) is 5.20. The summed E-state index contributed by atoms with van der Waals surface area (Å²) >= 11 is 0. The van der Waals surface area contributed by atoms with Gasteiger partial charge in [-0.25, -0.2) is 9.98 Å². The average molecular weight is 604 g/mol. The van der Waals surface area contributed by atoms with E-state index in [0.717, 1.165) is 11.1 Å². The monoisotopic (exact) mass is 602 g/mol. The van der Waals surface area contributed by atoms with Gasteiger partial charge >= 0.3 is 0 Å². The Labute approximate surface area is 223 Å². The SMILES string of the molecule is Br.Br.C[N+](C)(CCO)C/N=C(\[O-])c1ccc(-c2ccc(/C([O-])=N/C[N+](C)(C)CCO)cc2)cc1. The normalized spacial score (nSPS) is 12.6. The van der Waals surface area contributed by atoms with Crippen LogP contribution < -0.4 is 10.2 Å². The number of benzene rings is 2. The van der Waals surface area contributed by atoms with Crippen molar-refractivity contribution in [1.82, 2.24) is 0 Å². The van der Waals surface area contributed by atoms with Crippen LogP contribution in [0.2, 0.25) is 0 Å². The van der Waals surface area contributed by atoms with Crippen molar-refractivity contribution in [2.75, 3.05) is 67.8 Å². The Bertz CT molecular complexity index is 853. The zero-order valence-corrected chi connectivity index (χ0v) is 23.6. The van der Waals surface area contributed by atoms with Crippen LogP contribution in [0.1, 0.15) is 11.1 Å². The molecule has 8 nitrogen and oxygen atoms in total. The molecule has 2 aromatic rings. The second-order valence-corrected chi connectivity index (χ2v) is 9.13. The van der Waals surface area contributed by atoms with E-state index in [-0.39, 0.29) is 59.0 Å². The molecule has 0 aliphatic heterocycles. The van der Waals surface area contributed by atoms with Gasteiger partial charge in [0.1, 0.15) is 13.1 Å². The Balaban J connectivity index is 0.00000544. The van der Waals surface area contributed by atoms with E-state index in [4.69, 9.17) is 10.2 Å². The van der Waals surface area contributed by atoms with Crippen molar-refractivity contribution >= 4 is 45.8 Å². The molecule has 0 saturated heterocycles. The highest BCUT2D eigenvalue weighted by Crippen LogP contribution is 2.20. The molecule has 0 amide bonds. The van der Waals surface area contributed by atoms with Gasteiger partial charge < -0.3 is 29.4 Å². The Morgan fingerprint density at radius 3 is 1.21 bits per heavy atom. The van der Waals surface area contributed by atoms with Crippen LogP contribution in [0.3, 0.4) is 0 Å². The van der Waals surface area contributed by atoms with Crippen molar-refractivity contribution in [2.24, 2.45) is 9.98 Å². The van der Waals surface area contributed by atoms with Gasteiger partial charge in [-0.3, -0.25) is 0 Å². The summed E-state index contributed by atoms with van der Waals surface area (Å²) in [5.41, 5.74) is 2.86. The molecule has 2 aromatic carbocycles. The van der Waals surface area contributed by atoms with Crippen LogP contribution >= 0.6 is 34.0 Å². The van der Waals surface area contributed by atoms with Gasteiger partial charge in [-0.05, 0) is 34.0 Å². The number of likely N-dealkylation sites (N-methyl/N-ethyl adjacent to an activating group) is 2. The van der Waals surface area contributed by atoms with Crippen molar-refractivity contribution in [3.05, 3.63) is 59.7 Å². The molecule has 10 heteroatoms. The summed E-state index contributed by atoms with van der Waals surface area (Å²) < 4.78 is 0.880. The Morgan fingerprint density at radius 1 is 0.647 bits per heavy atom. The number of nitrogens with zero attached hydrogens (tertiary/aromatic N) is 4. The highest BCUT2D eigenvalue weighted by Gasteiger charge is 2.13. The van der Waals surface area contributed by atoms with Gasteiger partial charge in [0.2, 0.25) is 0 Å². The fourth-order valence-electron chi connectivity index (χ4n) is 2.99. The van der Waals surface area contributed by atoms with Gasteiger partial charge in [0.05, 0.1) is 41.4 Å². The number of quaternary nitrogens is 2. The summed E-state index contributed by atoms with van der Waals surface area (Å²) in [7, 11) is 7.64. The summed E-state index contributed by atoms with van der Waals surface area (Å²) in [6.07, 6.45) is 0. The van der Waals surface area contributed by atoms with Crippen molar-refractivity contribution in [2.45, 2.75) is 0 Å². The molecule has 2 rings (SSSR count). The van der Waals surface area contributed by atoms with E-state index in [0.29, 0.717) is 46.5 Å². The van der Waals surface area contributed by atoms with Crippen LogP contribution in [0.15, 0.2) is 58.5 Å². The number of hydrogen-bond donors (Lipinski definition) is 2. The van der Waals surface area contributed by atoms with Crippen LogP contribution in [-0.2, 0) is 0 Å². The fourth-order valence-corrected chi connectivity index (χ4v) is 2.99. The molecule has 2 N–H and O–H groups in total. The highest BCUT2D eigenvalue weighted by molar-refractivity contribution is 8.93. The van der Waals surface area contributed by atoms with Gasteiger partial charge in [0.25, 0.3) is 0 Å². The van der Waals surface area contributed by atoms with E-state index in [1.54, 1.807) is 24.3 Å². The van der Waals surface area contributed by atoms with Crippen LogP contribution in [0, 0.1) is 0 Å². The van der Waals surface area contributed by atoms with E-state index in [2.05, 4.69) is 9.98 Å². The smallest absolute Gasteiger partial charge is 0.171 e. The minimum Gasteiger partial charge on any atom is -0.858 e. The number of hydrogen-bond acceptors (Lipinski definition) is 6. The molecule has 0 saturated carbocycles.